The molecule has 3 aliphatic rings. The summed E-state index contributed by atoms with van der Waals surface area (Å²) < 4.78 is 0. The van der Waals surface area contributed by atoms with Crippen molar-refractivity contribution in [2.24, 2.45) is 0 Å². The monoisotopic (exact) mass is 892 g/mol. The van der Waals surface area contributed by atoms with E-state index in [1.165, 1.54) is 47.3 Å². The third-order valence-electron chi connectivity index (χ3n) is 13.0. The first kappa shape index (κ1) is 39.5. The summed E-state index contributed by atoms with van der Waals surface area (Å²) in [5, 5.41) is 0. The minimum Gasteiger partial charge on any atom is -0.311 e. The number of rotatable bonds is 10. The minimum atomic E-state index is 0.0188. The van der Waals surface area contributed by atoms with Gasteiger partial charge < -0.3 is 19.6 Å². The second-order valence-corrected chi connectivity index (χ2v) is 19.1. The fourth-order valence-electron chi connectivity index (χ4n) is 10.2. The SMILES string of the molecule is c1ccc(N(c2ccccc2)c2cc3c4c(c2)Sc2cc(N(c5ccccc5)c5ccccc5)cc5c2B4c2c(cc(N(c4ccccc4)c4ccccc4)cc2N5c2ccccc2)S3)cc1. The molecular formula is C60H41BN4S2. The Hall–Kier alpha value is -7.84. The Balaban J connectivity index is 1.11. The van der Waals surface area contributed by atoms with Crippen LogP contribution in [-0.2, 0) is 0 Å². The summed E-state index contributed by atoms with van der Waals surface area (Å²) in [6.45, 7) is 0.0188. The van der Waals surface area contributed by atoms with Crippen molar-refractivity contribution in [3.63, 3.8) is 0 Å². The molecule has 0 spiro atoms. The molecule has 0 aromatic heterocycles. The van der Waals surface area contributed by atoms with Gasteiger partial charge in [-0.15, -0.1) is 0 Å². The van der Waals surface area contributed by atoms with Crippen LogP contribution < -0.4 is 36.0 Å². The van der Waals surface area contributed by atoms with Gasteiger partial charge in [0.2, 0.25) is 0 Å². The van der Waals surface area contributed by atoms with E-state index in [0.29, 0.717) is 0 Å². The first-order valence-corrected chi connectivity index (χ1v) is 24.3. The number of benzene rings is 10. The van der Waals surface area contributed by atoms with Crippen LogP contribution in [0, 0.1) is 0 Å². The molecule has 0 aliphatic carbocycles. The van der Waals surface area contributed by atoms with E-state index in [2.05, 4.69) is 268 Å². The fraction of sp³-hybridized carbons (Fsp3) is 0. The number of hydrogen-bond donors (Lipinski definition) is 0. The van der Waals surface area contributed by atoms with Gasteiger partial charge in [-0.05, 0) is 138 Å². The van der Waals surface area contributed by atoms with Gasteiger partial charge in [0.15, 0.2) is 0 Å². The summed E-state index contributed by atoms with van der Waals surface area (Å²) in [4.78, 5) is 14.9. The van der Waals surface area contributed by atoms with Crippen LogP contribution in [-0.4, -0.2) is 6.71 Å². The highest BCUT2D eigenvalue weighted by atomic mass is 32.2. The van der Waals surface area contributed by atoms with Crippen LogP contribution in [0.15, 0.2) is 268 Å². The van der Waals surface area contributed by atoms with Crippen LogP contribution in [0.5, 0.6) is 0 Å². The summed E-state index contributed by atoms with van der Waals surface area (Å²) in [6, 6.07) is 90.3. The molecule has 3 aliphatic heterocycles. The molecule has 0 bridgehead atoms. The first-order chi connectivity index (χ1) is 33.2. The summed E-state index contributed by atoms with van der Waals surface area (Å²) in [5.74, 6) is 0. The molecule has 0 radical (unpaired) electrons. The van der Waals surface area contributed by atoms with Gasteiger partial charge in [0.05, 0.1) is 0 Å². The zero-order valence-corrected chi connectivity index (χ0v) is 38.0. The topological polar surface area (TPSA) is 13.0 Å². The van der Waals surface area contributed by atoms with E-state index in [9.17, 15) is 0 Å². The molecule has 0 unspecified atom stereocenters. The zero-order valence-electron chi connectivity index (χ0n) is 36.4. The van der Waals surface area contributed by atoms with Gasteiger partial charge in [-0.1, -0.05) is 151 Å². The third-order valence-corrected chi connectivity index (χ3v) is 15.2. The Morgan fingerprint density at radius 1 is 0.269 bits per heavy atom. The van der Waals surface area contributed by atoms with E-state index >= 15 is 0 Å². The molecule has 13 rings (SSSR count). The number of hydrogen-bond acceptors (Lipinski definition) is 6. The lowest BCUT2D eigenvalue weighted by Gasteiger charge is -2.45. The van der Waals surface area contributed by atoms with Crippen LogP contribution in [0.4, 0.5) is 68.2 Å². The van der Waals surface area contributed by atoms with E-state index in [0.717, 1.165) is 56.9 Å². The van der Waals surface area contributed by atoms with E-state index in [-0.39, 0.29) is 6.71 Å². The maximum atomic E-state index is 2.54. The van der Waals surface area contributed by atoms with Crippen molar-refractivity contribution in [3.05, 3.63) is 249 Å². The normalized spacial score (nSPS) is 12.6. The molecule has 3 heterocycles. The second kappa shape index (κ2) is 16.6. The number of para-hydroxylation sites is 7. The summed E-state index contributed by atoms with van der Waals surface area (Å²) in [6.07, 6.45) is 0. The minimum absolute atomic E-state index is 0.0188. The van der Waals surface area contributed by atoms with Crippen LogP contribution in [0.1, 0.15) is 0 Å². The van der Waals surface area contributed by atoms with Crippen molar-refractivity contribution in [2.75, 3.05) is 19.6 Å². The molecule has 0 N–H and O–H groups in total. The highest BCUT2D eigenvalue weighted by Crippen LogP contribution is 2.53. The van der Waals surface area contributed by atoms with Gasteiger partial charge >= 0.3 is 0 Å². The summed E-state index contributed by atoms with van der Waals surface area (Å²) >= 11 is 3.82. The molecule has 10 aromatic carbocycles. The van der Waals surface area contributed by atoms with Gasteiger partial charge in [0.25, 0.3) is 6.71 Å². The Bertz CT molecular complexity index is 3140. The Morgan fingerprint density at radius 3 is 0.821 bits per heavy atom. The molecule has 4 nitrogen and oxygen atoms in total. The molecule has 316 valence electrons. The van der Waals surface area contributed by atoms with E-state index in [4.69, 9.17) is 0 Å². The number of nitrogens with zero attached hydrogens (tertiary/aromatic N) is 4. The van der Waals surface area contributed by atoms with Crippen molar-refractivity contribution in [2.45, 2.75) is 19.6 Å². The molecule has 0 fully saturated rings. The van der Waals surface area contributed by atoms with Crippen LogP contribution >= 0.6 is 23.5 Å². The summed E-state index contributed by atoms with van der Waals surface area (Å²) in [7, 11) is 0. The molecule has 10 aromatic rings. The van der Waals surface area contributed by atoms with E-state index in [1.807, 2.05) is 23.5 Å². The Labute approximate surface area is 400 Å². The van der Waals surface area contributed by atoms with E-state index < -0.39 is 0 Å². The van der Waals surface area contributed by atoms with Gasteiger partial charge in [0.1, 0.15) is 0 Å². The standard InChI is InChI=1S/C60H41BN4S2/c1-8-22-42(23-9-1)62(43-24-10-2-11-25-43)49-36-52-58-54(38-49)66-56-40-51(64(46-30-16-5-17-31-46)47-32-18-6-19-33-47)41-57-60(56)61(58)59-53(65(52)48-34-20-7-21-35-48)37-50(39-55(59)67-57)63(44-26-12-3-13-27-44)45-28-14-4-15-29-45/h1-41H. The maximum Gasteiger partial charge on any atom is 0.252 e. The largest absolute Gasteiger partial charge is 0.311 e. The van der Waals surface area contributed by atoms with Gasteiger partial charge in [-0.3, -0.25) is 0 Å². The highest BCUT2D eigenvalue weighted by molar-refractivity contribution is 8.01. The lowest BCUT2D eigenvalue weighted by molar-refractivity contribution is 1.19. The molecule has 7 heteroatoms. The van der Waals surface area contributed by atoms with Crippen molar-refractivity contribution < 1.29 is 0 Å². The van der Waals surface area contributed by atoms with Crippen molar-refractivity contribution in [3.8, 4) is 0 Å². The highest BCUT2D eigenvalue weighted by Gasteiger charge is 2.47. The lowest BCUT2D eigenvalue weighted by atomic mass is 9.34. The van der Waals surface area contributed by atoms with Crippen molar-refractivity contribution in [1.82, 2.24) is 0 Å². The van der Waals surface area contributed by atoms with E-state index in [1.54, 1.807) is 0 Å². The zero-order chi connectivity index (χ0) is 44.3. The van der Waals surface area contributed by atoms with Gasteiger partial charge in [-0.2, -0.15) is 0 Å². The maximum absolute atomic E-state index is 2.54. The molecule has 67 heavy (non-hydrogen) atoms. The molecular weight excluding hydrogens is 852 g/mol. The predicted octanol–water partition coefficient (Wildman–Crippen LogP) is 15.3. The van der Waals surface area contributed by atoms with Gasteiger partial charge in [-0.25, -0.2) is 0 Å². The summed E-state index contributed by atoms with van der Waals surface area (Å²) in [5.41, 5.74) is 17.6. The van der Waals surface area contributed by atoms with Crippen LogP contribution in [0.3, 0.4) is 0 Å². The lowest BCUT2D eigenvalue weighted by Crippen LogP contribution is -2.62. The number of anilines is 12. The average Bonchev–Trinajstić information content (AvgIpc) is 3.38. The molecule has 0 saturated carbocycles. The average molecular weight is 893 g/mol. The molecule has 0 atom stereocenters. The quantitative estimate of drug-likeness (QED) is 0.126. The van der Waals surface area contributed by atoms with Crippen molar-refractivity contribution in [1.29, 1.82) is 0 Å². The van der Waals surface area contributed by atoms with Crippen LogP contribution in [0.2, 0.25) is 0 Å². The van der Waals surface area contributed by atoms with Crippen LogP contribution in [0.25, 0.3) is 0 Å². The smallest absolute Gasteiger partial charge is 0.252 e. The second-order valence-electron chi connectivity index (χ2n) is 16.9. The molecule has 0 saturated heterocycles. The Morgan fingerprint density at radius 2 is 0.522 bits per heavy atom. The first-order valence-electron chi connectivity index (χ1n) is 22.7. The third kappa shape index (κ3) is 6.81. The van der Waals surface area contributed by atoms with Gasteiger partial charge in [0, 0.05) is 87.8 Å². The Kier molecular flexibility index (Phi) is 9.76. The van der Waals surface area contributed by atoms with Crippen molar-refractivity contribution >= 4 is 115 Å². The predicted molar refractivity (Wildman–Crippen MR) is 285 cm³/mol. The fourth-order valence-corrected chi connectivity index (χ4v) is 12.8. The molecule has 0 amide bonds.